The van der Waals surface area contributed by atoms with Crippen LogP contribution >= 0.6 is 36.2 Å². The summed E-state index contributed by atoms with van der Waals surface area (Å²) in [5.41, 5.74) is 9.71. The normalized spacial score (nSPS) is 17.7. The van der Waals surface area contributed by atoms with Crippen LogP contribution in [0, 0.1) is 12.3 Å². The summed E-state index contributed by atoms with van der Waals surface area (Å²) in [6, 6.07) is 6.27. The van der Waals surface area contributed by atoms with E-state index in [4.69, 9.17) is 5.73 Å². The molecule has 9 nitrogen and oxygen atoms in total. The van der Waals surface area contributed by atoms with Gasteiger partial charge in [-0.1, -0.05) is 45.0 Å². The summed E-state index contributed by atoms with van der Waals surface area (Å²) in [4.78, 5) is 45.8. The molecule has 12 heteroatoms. The van der Waals surface area contributed by atoms with E-state index in [2.05, 4.69) is 15.6 Å². The quantitative estimate of drug-likeness (QED) is 0.356. The van der Waals surface area contributed by atoms with Crippen LogP contribution in [0.1, 0.15) is 51.3 Å². The molecule has 1 aromatic carbocycles. The number of β-amino-alcohol motifs (C(OH)–C–C–N with tert-alkyl or cyclic N) is 1. The zero-order chi connectivity index (χ0) is 26.5. The average Bonchev–Trinajstić information content (AvgIpc) is 3.44. The number of amides is 3. The number of carbonyl (C=O) groups is 3. The predicted molar refractivity (Wildman–Crippen MR) is 154 cm³/mol. The van der Waals surface area contributed by atoms with Crippen LogP contribution in [0.15, 0.2) is 29.8 Å². The summed E-state index contributed by atoms with van der Waals surface area (Å²) in [5.74, 6) is -0.958. The Balaban J connectivity index is 0.00000361. The van der Waals surface area contributed by atoms with Crippen LogP contribution in [0.25, 0.3) is 10.4 Å². The van der Waals surface area contributed by atoms with Gasteiger partial charge in [-0.15, -0.1) is 36.2 Å². The van der Waals surface area contributed by atoms with E-state index < -0.39 is 23.6 Å². The van der Waals surface area contributed by atoms with Crippen molar-refractivity contribution in [2.24, 2.45) is 11.1 Å². The number of benzene rings is 1. The molecule has 2 aromatic rings. The third-order valence-corrected chi connectivity index (χ3v) is 7.30. The molecule has 3 atom stereocenters. The van der Waals surface area contributed by atoms with Gasteiger partial charge in [0.05, 0.1) is 22.2 Å². The third kappa shape index (κ3) is 8.64. The lowest BCUT2D eigenvalue weighted by atomic mass is 9.85. The largest absolute Gasteiger partial charge is 0.391 e. The zero-order valence-electron chi connectivity index (χ0n) is 22.2. The van der Waals surface area contributed by atoms with Crippen molar-refractivity contribution in [3.05, 3.63) is 41.0 Å². The number of nitrogens with zero attached hydrogens (tertiary/aromatic N) is 2. The molecule has 3 amide bonds. The molecule has 0 saturated carbocycles. The van der Waals surface area contributed by atoms with Gasteiger partial charge in [-0.05, 0) is 36.4 Å². The lowest BCUT2D eigenvalue weighted by molar-refractivity contribution is -0.144. The first-order chi connectivity index (χ1) is 17.0. The molecule has 1 aliphatic heterocycles. The molecule has 0 aliphatic carbocycles. The summed E-state index contributed by atoms with van der Waals surface area (Å²) in [6.45, 7) is 8.28. The smallest absolute Gasteiger partial charge is 0.246 e. The fraction of sp³-hybridized carbons (Fsp3) is 0.538. The number of aliphatic hydroxyl groups excluding tert-OH is 1. The Labute approximate surface area is 240 Å². The summed E-state index contributed by atoms with van der Waals surface area (Å²) in [5, 5.41) is 16.0. The van der Waals surface area contributed by atoms with Crippen molar-refractivity contribution < 1.29 is 19.5 Å². The maximum atomic E-state index is 13.5. The SMILES string of the molecule is Cc1ncsc1-c1ccc(CNC(=O)C2CC(O)CN2C(=O)C(NC(=O)CCCN)C(C)(C)C)cc1.Cl.Cl. The lowest BCUT2D eigenvalue weighted by Crippen LogP contribution is -2.57. The number of thiazole rings is 1. The monoisotopic (exact) mass is 587 g/mol. The van der Waals surface area contributed by atoms with Gasteiger partial charge in [0.2, 0.25) is 17.7 Å². The number of nitrogens with two attached hydrogens (primary N) is 1. The minimum atomic E-state index is -0.828. The van der Waals surface area contributed by atoms with E-state index in [0.29, 0.717) is 19.5 Å². The van der Waals surface area contributed by atoms with E-state index in [1.165, 1.54) is 4.90 Å². The van der Waals surface area contributed by atoms with Crippen molar-refractivity contribution >= 4 is 53.9 Å². The number of aryl methyl sites for hydroxylation is 1. The second-order valence-corrected chi connectivity index (χ2v) is 11.2. The maximum Gasteiger partial charge on any atom is 0.246 e. The van der Waals surface area contributed by atoms with E-state index in [9.17, 15) is 19.5 Å². The van der Waals surface area contributed by atoms with Crippen molar-refractivity contribution in [1.29, 1.82) is 0 Å². The number of halogens is 2. The van der Waals surface area contributed by atoms with Gasteiger partial charge in [-0.2, -0.15) is 0 Å². The van der Waals surface area contributed by atoms with E-state index in [1.807, 2.05) is 57.5 Å². The number of aromatic nitrogens is 1. The van der Waals surface area contributed by atoms with E-state index in [-0.39, 0.29) is 61.9 Å². The van der Waals surface area contributed by atoms with Gasteiger partial charge in [0, 0.05) is 25.9 Å². The molecule has 1 saturated heterocycles. The molecule has 0 spiro atoms. The molecular weight excluding hydrogens is 549 g/mol. The van der Waals surface area contributed by atoms with Gasteiger partial charge in [-0.25, -0.2) is 4.98 Å². The molecule has 38 heavy (non-hydrogen) atoms. The van der Waals surface area contributed by atoms with Gasteiger partial charge in [0.1, 0.15) is 12.1 Å². The molecule has 0 radical (unpaired) electrons. The molecule has 3 rings (SSSR count). The number of hydrogen-bond acceptors (Lipinski definition) is 7. The van der Waals surface area contributed by atoms with Gasteiger partial charge >= 0.3 is 0 Å². The number of carbonyl (C=O) groups excluding carboxylic acids is 3. The summed E-state index contributed by atoms with van der Waals surface area (Å²) in [7, 11) is 0. The standard InChI is InChI=1S/C26H37N5O4S.2ClH/c1-16-22(36-15-29-16)18-9-7-17(8-10-18)13-28-24(34)20-12-19(32)14-31(20)25(35)23(26(2,3)4)30-21(33)6-5-11-27;;/h7-10,15,19-20,23,32H,5-6,11-14,27H2,1-4H3,(H,28,34)(H,30,33);2*1H. The molecule has 5 N–H and O–H groups in total. The second-order valence-electron chi connectivity index (χ2n) is 10.3. The minimum Gasteiger partial charge on any atom is -0.391 e. The highest BCUT2D eigenvalue weighted by Gasteiger charge is 2.44. The van der Waals surface area contributed by atoms with Gasteiger partial charge in [-0.3, -0.25) is 14.4 Å². The van der Waals surface area contributed by atoms with Crippen LogP contribution < -0.4 is 16.4 Å². The lowest BCUT2D eigenvalue weighted by Gasteiger charge is -2.35. The first kappa shape index (κ1) is 33.8. The molecule has 1 aromatic heterocycles. The Bertz CT molecular complexity index is 1070. The Hall–Kier alpha value is -2.24. The summed E-state index contributed by atoms with van der Waals surface area (Å²) >= 11 is 1.58. The Morgan fingerprint density at radius 2 is 1.87 bits per heavy atom. The first-order valence-electron chi connectivity index (χ1n) is 12.3. The van der Waals surface area contributed by atoms with Gasteiger partial charge < -0.3 is 26.4 Å². The maximum absolute atomic E-state index is 13.5. The van der Waals surface area contributed by atoms with Crippen molar-refractivity contribution in [3.8, 4) is 10.4 Å². The first-order valence-corrected chi connectivity index (χ1v) is 13.1. The molecule has 3 unspecified atom stereocenters. The molecule has 212 valence electrons. The summed E-state index contributed by atoms with van der Waals surface area (Å²) in [6.07, 6.45) is 0.0960. The Kier molecular flexibility index (Phi) is 13.1. The van der Waals surface area contributed by atoms with E-state index in [0.717, 1.165) is 21.7 Å². The van der Waals surface area contributed by atoms with Crippen LogP contribution in [0.4, 0.5) is 0 Å². The van der Waals surface area contributed by atoms with Crippen LogP contribution in [0.5, 0.6) is 0 Å². The summed E-state index contributed by atoms with van der Waals surface area (Å²) < 4.78 is 0. The van der Waals surface area contributed by atoms with Crippen molar-refractivity contribution in [3.63, 3.8) is 0 Å². The van der Waals surface area contributed by atoms with Crippen LogP contribution in [0.2, 0.25) is 0 Å². The highest BCUT2D eigenvalue weighted by atomic mass is 35.5. The minimum absolute atomic E-state index is 0. The van der Waals surface area contributed by atoms with Gasteiger partial charge in [0.25, 0.3) is 0 Å². The molecule has 2 heterocycles. The van der Waals surface area contributed by atoms with Crippen LogP contribution in [-0.4, -0.2) is 64.0 Å². The van der Waals surface area contributed by atoms with E-state index >= 15 is 0 Å². The van der Waals surface area contributed by atoms with Crippen molar-refractivity contribution in [2.75, 3.05) is 13.1 Å². The Morgan fingerprint density at radius 1 is 1.21 bits per heavy atom. The highest BCUT2D eigenvalue weighted by molar-refractivity contribution is 7.13. The number of aliphatic hydroxyl groups is 1. The second kappa shape index (κ2) is 14.8. The average molecular weight is 589 g/mol. The topological polar surface area (TPSA) is 138 Å². The highest BCUT2D eigenvalue weighted by Crippen LogP contribution is 2.28. The predicted octanol–water partition coefficient (Wildman–Crippen LogP) is 2.81. The molecule has 0 bridgehead atoms. The number of nitrogens with one attached hydrogen (secondary N) is 2. The van der Waals surface area contributed by atoms with Crippen LogP contribution in [0.3, 0.4) is 0 Å². The van der Waals surface area contributed by atoms with E-state index in [1.54, 1.807) is 11.3 Å². The molecule has 1 fully saturated rings. The number of likely N-dealkylation sites (tertiary alicyclic amines) is 1. The fourth-order valence-corrected chi connectivity index (χ4v) is 5.09. The fourth-order valence-electron chi connectivity index (χ4n) is 4.28. The Morgan fingerprint density at radius 3 is 2.42 bits per heavy atom. The molecule has 1 aliphatic rings. The van der Waals surface area contributed by atoms with Crippen molar-refractivity contribution in [1.82, 2.24) is 20.5 Å². The number of hydrogen-bond donors (Lipinski definition) is 4. The molecular formula is C26H39Cl2N5O4S. The third-order valence-electron chi connectivity index (χ3n) is 6.32. The number of rotatable bonds is 9. The van der Waals surface area contributed by atoms with Gasteiger partial charge in [0.15, 0.2) is 0 Å². The van der Waals surface area contributed by atoms with Crippen molar-refractivity contribution in [2.45, 2.75) is 71.7 Å². The van der Waals surface area contributed by atoms with Crippen LogP contribution in [-0.2, 0) is 20.9 Å². The zero-order valence-corrected chi connectivity index (χ0v) is 24.7.